The fourth-order valence-corrected chi connectivity index (χ4v) is 0.976. The predicted molar refractivity (Wildman–Crippen MR) is 43.6 cm³/mol. The van der Waals surface area contributed by atoms with Gasteiger partial charge in [0, 0.05) is 18.3 Å². The lowest BCUT2D eigenvalue weighted by Crippen LogP contribution is -2.25. The van der Waals surface area contributed by atoms with E-state index in [-0.39, 0.29) is 6.42 Å². The molecule has 0 aliphatic heterocycles. The summed E-state index contributed by atoms with van der Waals surface area (Å²) in [6.07, 6.45) is -3.21. The molecular weight excluding hydrogens is 203 g/mol. The highest BCUT2D eigenvalue weighted by Crippen LogP contribution is 2.26. The molecule has 0 spiro atoms. The Morgan fingerprint density at radius 3 is 2.54 bits per heavy atom. The molecule has 0 radical (unpaired) electrons. The number of hydrogen-bond acceptors (Lipinski definition) is 1. The summed E-state index contributed by atoms with van der Waals surface area (Å²) in [4.78, 5) is 3.75. The Morgan fingerprint density at radius 1 is 1.38 bits per heavy atom. The van der Waals surface area contributed by atoms with Crippen LogP contribution in [-0.2, 0) is 6.42 Å². The molecule has 1 atom stereocenters. The zero-order valence-electron chi connectivity index (χ0n) is 6.55. The SMILES string of the molecule is FC(F)(F)C(Cl)Cc1ccccn1. The van der Waals surface area contributed by atoms with Crippen LogP contribution in [0.15, 0.2) is 24.4 Å². The molecule has 1 unspecified atom stereocenters. The van der Waals surface area contributed by atoms with E-state index < -0.39 is 11.6 Å². The fourth-order valence-electron chi connectivity index (χ4n) is 0.818. The summed E-state index contributed by atoms with van der Waals surface area (Å²) in [5, 5.41) is -1.86. The van der Waals surface area contributed by atoms with E-state index in [1.807, 2.05) is 0 Å². The zero-order valence-corrected chi connectivity index (χ0v) is 7.31. The average molecular weight is 210 g/mol. The van der Waals surface area contributed by atoms with Gasteiger partial charge in [-0.15, -0.1) is 11.6 Å². The van der Waals surface area contributed by atoms with Crippen LogP contribution >= 0.6 is 11.6 Å². The van der Waals surface area contributed by atoms with Gasteiger partial charge in [-0.3, -0.25) is 4.98 Å². The number of rotatable bonds is 2. The van der Waals surface area contributed by atoms with E-state index in [9.17, 15) is 13.2 Å². The first-order valence-corrected chi connectivity index (χ1v) is 4.04. The highest BCUT2D eigenvalue weighted by molar-refractivity contribution is 6.21. The maximum atomic E-state index is 12.0. The van der Waals surface area contributed by atoms with Crippen molar-refractivity contribution in [2.75, 3.05) is 0 Å². The van der Waals surface area contributed by atoms with Crippen molar-refractivity contribution in [3.05, 3.63) is 30.1 Å². The smallest absolute Gasteiger partial charge is 0.261 e. The highest BCUT2D eigenvalue weighted by Gasteiger charge is 2.38. The van der Waals surface area contributed by atoms with Gasteiger partial charge in [0.2, 0.25) is 0 Å². The van der Waals surface area contributed by atoms with Crippen LogP contribution in [0.5, 0.6) is 0 Å². The molecule has 5 heteroatoms. The van der Waals surface area contributed by atoms with E-state index in [2.05, 4.69) is 4.98 Å². The van der Waals surface area contributed by atoms with Gasteiger partial charge in [-0.25, -0.2) is 0 Å². The van der Waals surface area contributed by atoms with Crippen LogP contribution < -0.4 is 0 Å². The second-order valence-electron chi connectivity index (χ2n) is 2.53. The van der Waals surface area contributed by atoms with Crippen molar-refractivity contribution in [1.82, 2.24) is 4.98 Å². The van der Waals surface area contributed by atoms with Gasteiger partial charge in [-0.2, -0.15) is 13.2 Å². The molecule has 0 aliphatic rings. The lowest BCUT2D eigenvalue weighted by Gasteiger charge is -2.12. The van der Waals surface area contributed by atoms with Crippen molar-refractivity contribution in [2.24, 2.45) is 0 Å². The van der Waals surface area contributed by atoms with Crippen molar-refractivity contribution >= 4 is 11.6 Å². The summed E-state index contributed by atoms with van der Waals surface area (Å²) < 4.78 is 35.9. The Morgan fingerprint density at radius 2 is 2.08 bits per heavy atom. The quantitative estimate of drug-likeness (QED) is 0.683. The summed E-state index contributed by atoms with van der Waals surface area (Å²) >= 11 is 5.13. The summed E-state index contributed by atoms with van der Waals surface area (Å²) in [5.74, 6) is 0. The van der Waals surface area contributed by atoms with Crippen LogP contribution in [0.4, 0.5) is 13.2 Å². The lowest BCUT2D eigenvalue weighted by atomic mass is 10.2. The van der Waals surface area contributed by atoms with Gasteiger partial charge >= 0.3 is 6.18 Å². The number of halogens is 4. The van der Waals surface area contributed by atoms with Crippen LogP contribution in [0.3, 0.4) is 0 Å². The molecule has 72 valence electrons. The van der Waals surface area contributed by atoms with Gasteiger partial charge in [-0.1, -0.05) is 6.07 Å². The molecule has 1 aromatic heterocycles. The molecule has 0 saturated carbocycles. The molecule has 0 fully saturated rings. The number of nitrogens with zero attached hydrogens (tertiary/aromatic N) is 1. The predicted octanol–water partition coefficient (Wildman–Crippen LogP) is 2.79. The van der Waals surface area contributed by atoms with E-state index in [4.69, 9.17) is 11.6 Å². The molecule has 0 aliphatic carbocycles. The Kier molecular flexibility index (Phi) is 3.14. The topological polar surface area (TPSA) is 12.9 Å². The molecule has 0 amide bonds. The Labute approximate surface area is 78.5 Å². The summed E-state index contributed by atoms with van der Waals surface area (Å²) in [5.41, 5.74) is 0.347. The van der Waals surface area contributed by atoms with Gasteiger partial charge in [0.25, 0.3) is 0 Å². The third-order valence-electron chi connectivity index (χ3n) is 1.47. The Balaban J connectivity index is 2.61. The van der Waals surface area contributed by atoms with Gasteiger partial charge in [0.15, 0.2) is 0 Å². The van der Waals surface area contributed by atoms with Gasteiger partial charge in [0.1, 0.15) is 5.38 Å². The van der Waals surface area contributed by atoms with Crippen molar-refractivity contribution < 1.29 is 13.2 Å². The summed E-state index contributed by atoms with van der Waals surface area (Å²) in [7, 11) is 0. The largest absolute Gasteiger partial charge is 0.405 e. The van der Waals surface area contributed by atoms with E-state index >= 15 is 0 Å². The zero-order chi connectivity index (χ0) is 9.90. The molecule has 0 saturated heterocycles. The van der Waals surface area contributed by atoms with Crippen LogP contribution in [0.25, 0.3) is 0 Å². The van der Waals surface area contributed by atoms with E-state index in [1.54, 1.807) is 12.1 Å². The third-order valence-corrected chi connectivity index (χ3v) is 1.87. The van der Waals surface area contributed by atoms with E-state index in [0.29, 0.717) is 5.69 Å². The number of aromatic nitrogens is 1. The van der Waals surface area contributed by atoms with Crippen molar-refractivity contribution in [3.63, 3.8) is 0 Å². The van der Waals surface area contributed by atoms with Crippen molar-refractivity contribution in [1.29, 1.82) is 0 Å². The van der Waals surface area contributed by atoms with Crippen LogP contribution in [0.2, 0.25) is 0 Å². The number of hydrogen-bond donors (Lipinski definition) is 0. The standard InChI is InChI=1S/C8H7ClF3N/c9-7(8(10,11)12)5-6-3-1-2-4-13-6/h1-4,7H,5H2. The summed E-state index contributed by atoms with van der Waals surface area (Å²) in [6, 6.07) is 4.78. The van der Waals surface area contributed by atoms with Crippen LogP contribution in [0, 0.1) is 0 Å². The first-order valence-electron chi connectivity index (χ1n) is 3.61. The molecule has 13 heavy (non-hydrogen) atoms. The molecule has 1 nitrogen and oxygen atoms in total. The first-order chi connectivity index (χ1) is 6.00. The van der Waals surface area contributed by atoms with Gasteiger partial charge in [0.05, 0.1) is 0 Å². The van der Waals surface area contributed by atoms with E-state index in [0.717, 1.165) is 0 Å². The molecule has 1 aromatic rings. The molecule has 0 N–H and O–H groups in total. The molecular formula is C8H7ClF3N. The monoisotopic (exact) mass is 209 g/mol. The maximum Gasteiger partial charge on any atom is 0.405 e. The minimum Gasteiger partial charge on any atom is -0.261 e. The lowest BCUT2D eigenvalue weighted by molar-refractivity contribution is -0.130. The van der Waals surface area contributed by atoms with Crippen LogP contribution in [0.1, 0.15) is 5.69 Å². The Hall–Kier alpha value is -0.770. The number of pyridine rings is 1. The normalized spacial score (nSPS) is 14.2. The minimum atomic E-state index is -4.36. The van der Waals surface area contributed by atoms with Crippen LogP contribution in [-0.4, -0.2) is 16.5 Å². The first kappa shape index (κ1) is 10.3. The molecule has 0 bridgehead atoms. The molecule has 1 heterocycles. The summed E-state index contributed by atoms with van der Waals surface area (Å²) in [6.45, 7) is 0. The molecule has 1 rings (SSSR count). The van der Waals surface area contributed by atoms with E-state index in [1.165, 1.54) is 12.3 Å². The second kappa shape index (κ2) is 3.96. The average Bonchev–Trinajstić information content (AvgIpc) is 2.04. The van der Waals surface area contributed by atoms with Crippen molar-refractivity contribution in [2.45, 2.75) is 18.0 Å². The van der Waals surface area contributed by atoms with Crippen molar-refractivity contribution in [3.8, 4) is 0 Å². The minimum absolute atomic E-state index is 0.286. The van der Waals surface area contributed by atoms with Gasteiger partial charge < -0.3 is 0 Å². The highest BCUT2D eigenvalue weighted by atomic mass is 35.5. The third kappa shape index (κ3) is 3.22. The molecule has 0 aromatic carbocycles. The van der Waals surface area contributed by atoms with Gasteiger partial charge in [-0.05, 0) is 12.1 Å². The Bertz CT molecular complexity index is 260. The second-order valence-corrected chi connectivity index (χ2v) is 3.06. The maximum absolute atomic E-state index is 12.0. The number of alkyl halides is 4. The fraction of sp³-hybridized carbons (Fsp3) is 0.375.